The predicted octanol–water partition coefficient (Wildman–Crippen LogP) is 6.41. The zero-order chi connectivity index (χ0) is 25.6. The first-order valence-corrected chi connectivity index (χ1v) is 13.7. The zero-order valence-electron chi connectivity index (χ0n) is 21.1. The molecule has 1 atom stereocenters. The Morgan fingerprint density at radius 1 is 0.789 bits per heavy atom. The molecule has 38 heavy (non-hydrogen) atoms. The quantitative estimate of drug-likeness (QED) is 0.276. The third-order valence-corrected chi connectivity index (χ3v) is 8.43. The van der Waals surface area contributed by atoms with Gasteiger partial charge in [-0.15, -0.1) is 0 Å². The second-order valence-electron chi connectivity index (χ2n) is 10.3. The predicted molar refractivity (Wildman–Crippen MR) is 153 cm³/mol. The van der Waals surface area contributed by atoms with Gasteiger partial charge in [-0.3, -0.25) is 9.30 Å². The molecule has 1 fully saturated rings. The Bertz CT molecular complexity index is 1680. The van der Waals surface area contributed by atoms with Crippen LogP contribution in [0.3, 0.4) is 0 Å². The van der Waals surface area contributed by atoms with Crippen LogP contribution >= 0.6 is 11.6 Å². The maximum Gasteiger partial charge on any atom is 0.157 e. The fourth-order valence-electron chi connectivity index (χ4n) is 6.48. The molecule has 0 saturated carbocycles. The average molecular weight is 518 g/mol. The lowest BCUT2D eigenvalue weighted by Crippen LogP contribution is -2.48. The molecule has 1 saturated heterocycles. The number of para-hydroxylation sites is 2. The minimum absolute atomic E-state index is 0.177. The summed E-state index contributed by atoms with van der Waals surface area (Å²) in [5, 5.41) is 10.9. The molecule has 0 radical (unpaired) electrons. The molecule has 3 aromatic carbocycles. The summed E-state index contributed by atoms with van der Waals surface area (Å²) in [6, 6.07) is 30.0. The van der Waals surface area contributed by atoms with E-state index in [0.717, 1.165) is 72.7 Å². The molecule has 0 spiro atoms. The molecule has 1 aliphatic carbocycles. The van der Waals surface area contributed by atoms with Crippen LogP contribution in [0.25, 0.3) is 16.7 Å². The van der Waals surface area contributed by atoms with Crippen LogP contribution in [0.1, 0.15) is 40.3 Å². The molecule has 188 valence electrons. The number of hydrogen-bond donors (Lipinski definition) is 0. The molecule has 0 unspecified atom stereocenters. The van der Waals surface area contributed by atoms with Crippen LogP contribution in [-0.2, 0) is 12.8 Å². The van der Waals surface area contributed by atoms with Crippen molar-refractivity contribution in [1.82, 2.24) is 14.3 Å². The lowest BCUT2D eigenvalue weighted by molar-refractivity contribution is 0.212. The molecule has 2 aromatic heterocycles. The minimum atomic E-state index is 0.177. The first kappa shape index (κ1) is 23.3. The Hall–Kier alpha value is -3.85. The number of aromatic nitrogens is 2. The maximum atomic E-state index is 10.1. The number of pyridine rings is 1. The van der Waals surface area contributed by atoms with Crippen molar-refractivity contribution in [2.75, 3.05) is 31.1 Å². The van der Waals surface area contributed by atoms with Gasteiger partial charge < -0.3 is 4.90 Å². The molecule has 3 heterocycles. The van der Waals surface area contributed by atoms with Gasteiger partial charge in [0.1, 0.15) is 11.9 Å². The Morgan fingerprint density at radius 2 is 1.47 bits per heavy atom. The van der Waals surface area contributed by atoms with Crippen LogP contribution in [-0.4, -0.2) is 40.5 Å². The van der Waals surface area contributed by atoms with Crippen molar-refractivity contribution in [1.29, 1.82) is 5.26 Å². The van der Waals surface area contributed by atoms with E-state index < -0.39 is 0 Å². The summed E-state index contributed by atoms with van der Waals surface area (Å²) in [5.41, 5.74) is 8.67. The van der Waals surface area contributed by atoms with E-state index in [4.69, 9.17) is 16.6 Å². The van der Waals surface area contributed by atoms with Crippen molar-refractivity contribution < 1.29 is 0 Å². The highest BCUT2D eigenvalue weighted by atomic mass is 35.5. The normalized spacial score (nSPS) is 16.6. The summed E-state index contributed by atoms with van der Waals surface area (Å²) >= 11 is 6.24. The zero-order valence-corrected chi connectivity index (χ0v) is 21.9. The molecule has 2 aliphatic rings. The first-order chi connectivity index (χ1) is 18.7. The van der Waals surface area contributed by atoms with Gasteiger partial charge in [0.15, 0.2) is 5.65 Å². The highest BCUT2D eigenvalue weighted by molar-refractivity contribution is 6.30. The lowest BCUT2D eigenvalue weighted by atomic mass is 9.96. The molecular formula is C32H28ClN5. The van der Waals surface area contributed by atoms with Gasteiger partial charge in [-0.25, -0.2) is 4.98 Å². The van der Waals surface area contributed by atoms with Crippen LogP contribution in [0.4, 0.5) is 5.82 Å². The number of benzene rings is 3. The van der Waals surface area contributed by atoms with Crippen LogP contribution < -0.4 is 4.90 Å². The second kappa shape index (κ2) is 9.47. The monoisotopic (exact) mass is 517 g/mol. The van der Waals surface area contributed by atoms with Crippen molar-refractivity contribution in [2.45, 2.75) is 25.3 Å². The van der Waals surface area contributed by atoms with E-state index in [1.165, 1.54) is 28.1 Å². The van der Waals surface area contributed by atoms with Gasteiger partial charge in [0.05, 0.1) is 22.6 Å². The number of nitriles is 1. The van der Waals surface area contributed by atoms with Crippen molar-refractivity contribution in [3.05, 3.63) is 112 Å². The SMILES string of the molecule is N#Cc1c2c(c(N3CCN([C@H](c4ccccc4)c4ccc(Cl)cc4)CC3)n3c1nc1ccccc13)CCC2. The number of halogens is 1. The van der Waals surface area contributed by atoms with E-state index in [1.54, 1.807) is 0 Å². The highest BCUT2D eigenvalue weighted by Gasteiger charge is 2.32. The summed E-state index contributed by atoms with van der Waals surface area (Å²) in [7, 11) is 0. The number of nitrogens with zero attached hydrogens (tertiary/aromatic N) is 5. The molecule has 0 amide bonds. The van der Waals surface area contributed by atoms with Gasteiger partial charge in [0.25, 0.3) is 0 Å². The Labute approximate surface area is 227 Å². The molecule has 0 N–H and O–H groups in total. The summed E-state index contributed by atoms with van der Waals surface area (Å²) in [6.07, 6.45) is 3.06. The van der Waals surface area contributed by atoms with Gasteiger partial charge in [-0.05, 0) is 65.8 Å². The minimum Gasteiger partial charge on any atom is -0.355 e. The number of piperazine rings is 1. The molecule has 5 aromatic rings. The van der Waals surface area contributed by atoms with Gasteiger partial charge in [-0.2, -0.15) is 5.26 Å². The van der Waals surface area contributed by atoms with Gasteiger partial charge in [-0.1, -0.05) is 66.2 Å². The Morgan fingerprint density at radius 3 is 2.24 bits per heavy atom. The fraction of sp³-hybridized carbons (Fsp3) is 0.250. The van der Waals surface area contributed by atoms with Crippen LogP contribution in [0.2, 0.25) is 5.02 Å². The van der Waals surface area contributed by atoms with Crippen LogP contribution in [0.5, 0.6) is 0 Å². The Kier molecular flexibility index (Phi) is 5.80. The molecule has 5 nitrogen and oxygen atoms in total. The lowest BCUT2D eigenvalue weighted by Gasteiger charge is -2.41. The number of hydrogen-bond acceptors (Lipinski definition) is 4. The second-order valence-corrected chi connectivity index (χ2v) is 10.7. The maximum absolute atomic E-state index is 10.1. The van der Waals surface area contributed by atoms with E-state index in [1.807, 2.05) is 24.3 Å². The number of anilines is 1. The van der Waals surface area contributed by atoms with E-state index in [2.05, 4.69) is 74.9 Å². The largest absolute Gasteiger partial charge is 0.355 e. The summed E-state index contributed by atoms with van der Waals surface area (Å²) in [6.45, 7) is 3.70. The van der Waals surface area contributed by atoms with Gasteiger partial charge >= 0.3 is 0 Å². The topological polar surface area (TPSA) is 47.6 Å². The molecular weight excluding hydrogens is 490 g/mol. The van der Waals surface area contributed by atoms with E-state index in [9.17, 15) is 5.26 Å². The number of imidazole rings is 1. The van der Waals surface area contributed by atoms with Crippen molar-refractivity contribution in [3.8, 4) is 6.07 Å². The number of rotatable bonds is 4. The van der Waals surface area contributed by atoms with Crippen molar-refractivity contribution >= 4 is 34.1 Å². The standard InChI is InChI=1S/C32H28ClN5/c33-24-15-13-23(14-16-24)30(22-7-2-1-3-8-22)36-17-19-37(20-18-36)32-26-10-6-9-25(26)27(21-34)31-35-28-11-4-5-12-29(28)38(31)32/h1-5,7-8,11-16,30H,6,9-10,17-20H2/t30-/m1/s1. The number of fused-ring (bicyclic) bond motifs is 4. The van der Waals surface area contributed by atoms with Crippen molar-refractivity contribution in [3.63, 3.8) is 0 Å². The van der Waals surface area contributed by atoms with Crippen LogP contribution in [0.15, 0.2) is 78.9 Å². The third kappa shape index (κ3) is 3.75. The van der Waals surface area contributed by atoms with Gasteiger partial charge in [0, 0.05) is 31.2 Å². The van der Waals surface area contributed by atoms with Gasteiger partial charge in [0.2, 0.25) is 0 Å². The van der Waals surface area contributed by atoms with E-state index >= 15 is 0 Å². The molecule has 1 aliphatic heterocycles. The molecule has 7 rings (SSSR count). The summed E-state index contributed by atoms with van der Waals surface area (Å²) < 4.78 is 2.27. The fourth-order valence-corrected chi connectivity index (χ4v) is 6.61. The third-order valence-electron chi connectivity index (χ3n) is 8.18. The van der Waals surface area contributed by atoms with Crippen LogP contribution in [0, 0.1) is 11.3 Å². The first-order valence-electron chi connectivity index (χ1n) is 13.4. The average Bonchev–Trinajstić information content (AvgIpc) is 3.59. The van der Waals surface area contributed by atoms with E-state index in [0.29, 0.717) is 0 Å². The summed E-state index contributed by atoms with van der Waals surface area (Å²) in [4.78, 5) is 10.1. The molecule has 6 heteroatoms. The molecule has 0 bridgehead atoms. The smallest absolute Gasteiger partial charge is 0.157 e. The van der Waals surface area contributed by atoms with Crippen molar-refractivity contribution in [2.24, 2.45) is 0 Å². The van der Waals surface area contributed by atoms with E-state index in [-0.39, 0.29) is 6.04 Å². The Balaban J connectivity index is 1.28. The summed E-state index contributed by atoms with van der Waals surface area (Å²) in [5.74, 6) is 1.24. The highest BCUT2D eigenvalue weighted by Crippen LogP contribution is 2.39.